The number of benzene rings is 2. The van der Waals surface area contributed by atoms with Crippen molar-refractivity contribution in [3.05, 3.63) is 74.7 Å². The molecule has 33 heavy (non-hydrogen) atoms. The molecular formula is C21H19N5O7. The topological polar surface area (TPSA) is 155 Å². The van der Waals surface area contributed by atoms with Gasteiger partial charge in [0.1, 0.15) is 5.69 Å². The van der Waals surface area contributed by atoms with Crippen molar-refractivity contribution in [2.75, 3.05) is 18.0 Å². The van der Waals surface area contributed by atoms with Crippen LogP contribution in [0.15, 0.2) is 52.9 Å². The van der Waals surface area contributed by atoms with Gasteiger partial charge in [0.2, 0.25) is 5.89 Å². The number of carbonyl (C=O) groups is 1. The molecule has 1 aromatic heterocycles. The van der Waals surface area contributed by atoms with E-state index in [1.807, 2.05) is 4.90 Å². The van der Waals surface area contributed by atoms with Crippen LogP contribution in [-0.4, -0.2) is 39.1 Å². The highest BCUT2D eigenvalue weighted by Gasteiger charge is 2.29. The van der Waals surface area contributed by atoms with Gasteiger partial charge in [0.15, 0.2) is 6.61 Å². The number of nitro groups is 2. The summed E-state index contributed by atoms with van der Waals surface area (Å²) in [7, 11) is 0. The second-order valence-electron chi connectivity index (χ2n) is 7.42. The van der Waals surface area contributed by atoms with E-state index in [1.54, 1.807) is 18.2 Å². The summed E-state index contributed by atoms with van der Waals surface area (Å²) in [5.41, 5.74) is 1.03. The minimum absolute atomic E-state index is 0.0405. The summed E-state index contributed by atoms with van der Waals surface area (Å²) in [5, 5.41) is 29.7. The predicted octanol–water partition coefficient (Wildman–Crippen LogP) is 3.51. The Bertz CT molecular complexity index is 1170. The van der Waals surface area contributed by atoms with E-state index >= 15 is 0 Å². The van der Waals surface area contributed by atoms with Gasteiger partial charge in [-0.25, -0.2) is 0 Å². The molecule has 0 aliphatic carbocycles. The fraction of sp³-hybridized carbons (Fsp3) is 0.286. The second-order valence-corrected chi connectivity index (χ2v) is 7.42. The maximum absolute atomic E-state index is 12.5. The lowest BCUT2D eigenvalue weighted by atomic mass is 9.96. The third-order valence-electron chi connectivity index (χ3n) is 5.38. The molecule has 3 aromatic rings. The first-order valence-electron chi connectivity index (χ1n) is 10.1. The van der Waals surface area contributed by atoms with E-state index in [0.29, 0.717) is 37.2 Å². The molecule has 12 heteroatoms. The molecule has 0 unspecified atom stereocenters. The molecule has 1 fully saturated rings. The van der Waals surface area contributed by atoms with Crippen molar-refractivity contribution in [1.29, 1.82) is 0 Å². The highest BCUT2D eigenvalue weighted by molar-refractivity contribution is 5.73. The maximum atomic E-state index is 12.5. The Morgan fingerprint density at radius 1 is 1.03 bits per heavy atom. The van der Waals surface area contributed by atoms with E-state index in [4.69, 9.17) is 9.15 Å². The summed E-state index contributed by atoms with van der Waals surface area (Å²) in [5.74, 6) is -0.462. The van der Waals surface area contributed by atoms with Gasteiger partial charge in [-0.1, -0.05) is 12.1 Å². The van der Waals surface area contributed by atoms with E-state index in [9.17, 15) is 25.0 Å². The molecule has 0 saturated carbocycles. The van der Waals surface area contributed by atoms with Gasteiger partial charge in [0.25, 0.3) is 17.3 Å². The first kappa shape index (κ1) is 21.9. The number of nitro benzene ring substituents is 2. The van der Waals surface area contributed by atoms with Crippen LogP contribution in [0.4, 0.5) is 17.1 Å². The van der Waals surface area contributed by atoms with Gasteiger partial charge in [0, 0.05) is 36.9 Å². The molecule has 1 saturated heterocycles. The lowest BCUT2D eigenvalue weighted by Crippen LogP contribution is -2.37. The van der Waals surface area contributed by atoms with Crippen molar-refractivity contribution in [3.63, 3.8) is 0 Å². The smallest absolute Gasteiger partial charge is 0.309 e. The number of para-hydroxylation sites is 2. The largest absolute Gasteiger partial charge is 0.455 e. The Kier molecular flexibility index (Phi) is 6.24. The van der Waals surface area contributed by atoms with Gasteiger partial charge in [0.05, 0.1) is 15.8 Å². The molecule has 0 spiro atoms. The first-order valence-corrected chi connectivity index (χ1v) is 10.1. The monoisotopic (exact) mass is 453 g/mol. The third-order valence-corrected chi connectivity index (χ3v) is 5.38. The molecule has 0 amide bonds. The highest BCUT2D eigenvalue weighted by Crippen LogP contribution is 2.31. The lowest BCUT2D eigenvalue weighted by molar-refractivity contribution is -0.384. The number of rotatable bonds is 7. The van der Waals surface area contributed by atoms with Crippen molar-refractivity contribution in [3.8, 4) is 11.5 Å². The number of nitrogens with zero attached hydrogens (tertiary/aromatic N) is 5. The van der Waals surface area contributed by atoms with Crippen molar-refractivity contribution in [2.24, 2.45) is 5.92 Å². The summed E-state index contributed by atoms with van der Waals surface area (Å²) in [6.07, 6.45) is 1.01. The molecule has 0 bridgehead atoms. The summed E-state index contributed by atoms with van der Waals surface area (Å²) >= 11 is 0. The molecule has 4 rings (SSSR count). The van der Waals surface area contributed by atoms with Crippen LogP contribution in [0.1, 0.15) is 18.7 Å². The second kappa shape index (κ2) is 9.42. The molecule has 170 valence electrons. The van der Waals surface area contributed by atoms with Gasteiger partial charge in [-0.3, -0.25) is 25.0 Å². The summed E-state index contributed by atoms with van der Waals surface area (Å²) < 4.78 is 10.8. The van der Waals surface area contributed by atoms with E-state index in [2.05, 4.69) is 10.2 Å². The number of anilines is 1. The number of piperidine rings is 1. The average Bonchev–Trinajstić information content (AvgIpc) is 3.32. The van der Waals surface area contributed by atoms with Crippen LogP contribution < -0.4 is 4.90 Å². The Hall–Kier alpha value is -4.35. The predicted molar refractivity (Wildman–Crippen MR) is 114 cm³/mol. The van der Waals surface area contributed by atoms with E-state index in [1.165, 1.54) is 30.3 Å². The van der Waals surface area contributed by atoms with Gasteiger partial charge in [-0.05, 0) is 31.0 Å². The van der Waals surface area contributed by atoms with Crippen LogP contribution in [0.3, 0.4) is 0 Å². The van der Waals surface area contributed by atoms with Crippen molar-refractivity contribution in [2.45, 2.75) is 19.4 Å². The molecule has 1 aliphatic heterocycles. The minimum atomic E-state index is -0.506. The van der Waals surface area contributed by atoms with Crippen molar-refractivity contribution in [1.82, 2.24) is 10.2 Å². The average molecular weight is 453 g/mol. The Morgan fingerprint density at radius 2 is 1.73 bits per heavy atom. The molecule has 0 atom stereocenters. The third kappa shape index (κ3) is 4.95. The number of hydrogen-bond acceptors (Lipinski definition) is 10. The molecular weight excluding hydrogens is 434 g/mol. The van der Waals surface area contributed by atoms with E-state index in [-0.39, 0.29) is 35.7 Å². The molecule has 12 nitrogen and oxygen atoms in total. The van der Waals surface area contributed by atoms with Crippen LogP contribution in [0.25, 0.3) is 11.5 Å². The number of carbonyl (C=O) groups excluding carboxylic acids is 1. The van der Waals surface area contributed by atoms with Crippen LogP contribution in [-0.2, 0) is 16.1 Å². The molecule has 2 heterocycles. The zero-order valence-corrected chi connectivity index (χ0v) is 17.3. The number of non-ortho nitro benzene ring substituents is 1. The molecule has 0 N–H and O–H groups in total. The Balaban J connectivity index is 1.30. The van der Waals surface area contributed by atoms with Crippen LogP contribution in [0.5, 0.6) is 0 Å². The number of aromatic nitrogens is 2. The number of ether oxygens (including phenoxy) is 1. The minimum Gasteiger partial charge on any atom is -0.455 e. The molecule has 2 aromatic carbocycles. The quantitative estimate of drug-likeness (QED) is 0.295. The normalized spacial score (nSPS) is 14.1. The van der Waals surface area contributed by atoms with Crippen molar-refractivity contribution < 1.29 is 23.8 Å². The van der Waals surface area contributed by atoms with Crippen LogP contribution >= 0.6 is 0 Å². The Morgan fingerprint density at radius 3 is 2.39 bits per heavy atom. The SMILES string of the molecule is O=C(OCc1nnc(-c2ccc([N+](=O)[O-])cc2)o1)C1CCN(c2ccccc2[N+](=O)[O-])CC1. The number of esters is 1. The van der Waals surface area contributed by atoms with Crippen molar-refractivity contribution >= 4 is 23.0 Å². The zero-order valence-electron chi connectivity index (χ0n) is 17.3. The van der Waals surface area contributed by atoms with E-state index < -0.39 is 15.8 Å². The molecule has 1 aliphatic rings. The summed E-state index contributed by atoms with van der Waals surface area (Å²) in [6.45, 7) is 0.800. The number of hydrogen-bond donors (Lipinski definition) is 0. The van der Waals surface area contributed by atoms with E-state index in [0.717, 1.165) is 0 Å². The summed E-state index contributed by atoms with van der Waals surface area (Å²) in [6, 6.07) is 12.2. The Labute approximate surface area is 187 Å². The maximum Gasteiger partial charge on any atom is 0.309 e. The standard InChI is InChI=1S/C21H19N5O7/c27-21(15-9-11-24(12-10-15)17-3-1-2-4-18(17)26(30)31)32-13-19-22-23-20(33-19)14-5-7-16(8-6-14)25(28)29/h1-8,15H,9-13H2. The fourth-order valence-corrected chi connectivity index (χ4v) is 3.65. The van der Waals surface area contributed by atoms with Gasteiger partial charge in [-0.15, -0.1) is 10.2 Å². The van der Waals surface area contributed by atoms with Crippen LogP contribution in [0.2, 0.25) is 0 Å². The summed E-state index contributed by atoms with van der Waals surface area (Å²) in [4.78, 5) is 35.4. The lowest BCUT2D eigenvalue weighted by Gasteiger charge is -2.32. The van der Waals surface area contributed by atoms with Gasteiger partial charge >= 0.3 is 5.97 Å². The highest BCUT2D eigenvalue weighted by atomic mass is 16.6. The van der Waals surface area contributed by atoms with Crippen LogP contribution in [0, 0.1) is 26.1 Å². The fourth-order valence-electron chi connectivity index (χ4n) is 3.65. The zero-order chi connectivity index (χ0) is 23.4. The molecule has 0 radical (unpaired) electrons. The first-order chi connectivity index (χ1) is 15.9. The van der Waals surface area contributed by atoms with Gasteiger partial charge < -0.3 is 14.1 Å². The van der Waals surface area contributed by atoms with Gasteiger partial charge in [-0.2, -0.15) is 0 Å².